The molecule has 0 spiro atoms. The van der Waals surface area contributed by atoms with Gasteiger partial charge in [-0.2, -0.15) is 0 Å². The van der Waals surface area contributed by atoms with Crippen molar-refractivity contribution in [1.29, 1.82) is 0 Å². The van der Waals surface area contributed by atoms with Crippen LogP contribution in [0.2, 0.25) is 5.02 Å². The number of halogens is 1. The maximum absolute atomic E-state index is 12.9. The lowest BCUT2D eigenvalue weighted by atomic mass is 10.1. The van der Waals surface area contributed by atoms with Gasteiger partial charge in [-0.1, -0.05) is 37.1 Å². The van der Waals surface area contributed by atoms with Gasteiger partial charge in [0.2, 0.25) is 5.91 Å². The monoisotopic (exact) mass is 391 g/mol. The van der Waals surface area contributed by atoms with E-state index in [1.807, 2.05) is 19.1 Å². The number of hydrogen-bond donors (Lipinski definition) is 1. The minimum absolute atomic E-state index is 0.0472. The van der Waals surface area contributed by atoms with Crippen molar-refractivity contribution in [3.05, 3.63) is 34.5 Å². The number of unbranched alkanes of at least 4 members (excludes halogenated alkanes) is 1. The highest BCUT2D eigenvalue weighted by Crippen LogP contribution is 2.31. The number of piperazine rings is 1. The number of benzene rings is 1. The molecule has 0 radical (unpaired) electrons. The van der Waals surface area contributed by atoms with E-state index in [1.54, 1.807) is 11.0 Å². The van der Waals surface area contributed by atoms with Crippen LogP contribution in [0.4, 0.5) is 0 Å². The number of amides is 2. The fourth-order valence-corrected chi connectivity index (χ4v) is 3.54. The molecule has 7 heteroatoms. The normalized spacial score (nSPS) is 15.3. The molecule has 146 valence electrons. The number of fused-ring (bicyclic) bond motifs is 1. The summed E-state index contributed by atoms with van der Waals surface area (Å²) < 4.78 is 5.79. The van der Waals surface area contributed by atoms with Crippen molar-refractivity contribution < 1.29 is 14.0 Å². The molecule has 1 saturated heterocycles. The molecule has 1 aromatic carbocycles. The quantitative estimate of drug-likeness (QED) is 0.768. The van der Waals surface area contributed by atoms with Crippen molar-refractivity contribution in [3.63, 3.8) is 0 Å². The minimum Gasteiger partial charge on any atom is -0.449 e. The second kappa shape index (κ2) is 8.76. The minimum atomic E-state index is -0.119. The Hall–Kier alpha value is -2.05. The number of carbonyl (C=O) groups excluding carboxylic acids is 2. The van der Waals surface area contributed by atoms with Gasteiger partial charge in [0.1, 0.15) is 0 Å². The average molecular weight is 392 g/mol. The predicted octanol–water partition coefficient (Wildman–Crippen LogP) is 3.07. The van der Waals surface area contributed by atoms with Crippen LogP contribution in [-0.2, 0) is 4.79 Å². The highest BCUT2D eigenvalue weighted by atomic mass is 35.5. The maximum Gasteiger partial charge on any atom is 0.289 e. The summed E-state index contributed by atoms with van der Waals surface area (Å²) in [5.74, 6) is 0.279. The largest absolute Gasteiger partial charge is 0.449 e. The number of carbonyl (C=O) groups is 2. The summed E-state index contributed by atoms with van der Waals surface area (Å²) >= 11 is 6.18. The van der Waals surface area contributed by atoms with Crippen LogP contribution in [0.5, 0.6) is 0 Å². The van der Waals surface area contributed by atoms with E-state index in [0.29, 0.717) is 49.1 Å². The SMILES string of the molecule is CCCCNC(=O)CN1CCN(C(=O)c2oc3c(Cl)cccc3c2C)CC1. The van der Waals surface area contributed by atoms with E-state index in [1.165, 1.54) is 0 Å². The van der Waals surface area contributed by atoms with E-state index in [2.05, 4.69) is 17.1 Å². The Balaban J connectivity index is 1.58. The third-order valence-electron chi connectivity index (χ3n) is 4.99. The zero-order valence-corrected chi connectivity index (χ0v) is 16.6. The molecule has 0 aliphatic carbocycles. The van der Waals surface area contributed by atoms with Gasteiger partial charge in [-0.15, -0.1) is 0 Å². The second-order valence-corrected chi connectivity index (χ2v) is 7.35. The van der Waals surface area contributed by atoms with Crippen LogP contribution in [0.15, 0.2) is 22.6 Å². The van der Waals surface area contributed by atoms with Crippen LogP contribution < -0.4 is 5.32 Å². The molecule has 1 aromatic heterocycles. The topological polar surface area (TPSA) is 65.8 Å². The highest BCUT2D eigenvalue weighted by molar-refractivity contribution is 6.35. The van der Waals surface area contributed by atoms with Crippen LogP contribution in [0.25, 0.3) is 11.0 Å². The van der Waals surface area contributed by atoms with E-state index in [9.17, 15) is 9.59 Å². The Morgan fingerprint density at radius 3 is 2.63 bits per heavy atom. The smallest absolute Gasteiger partial charge is 0.289 e. The number of para-hydroxylation sites is 1. The fourth-order valence-electron chi connectivity index (χ4n) is 3.33. The lowest BCUT2D eigenvalue weighted by Crippen LogP contribution is -2.51. The van der Waals surface area contributed by atoms with Crippen LogP contribution in [-0.4, -0.2) is 60.9 Å². The summed E-state index contributed by atoms with van der Waals surface area (Å²) in [5.41, 5.74) is 1.37. The molecule has 27 heavy (non-hydrogen) atoms. The van der Waals surface area contributed by atoms with Crippen molar-refractivity contribution in [2.75, 3.05) is 39.3 Å². The van der Waals surface area contributed by atoms with Gasteiger partial charge in [-0.05, 0) is 19.4 Å². The van der Waals surface area contributed by atoms with Crippen LogP contribution in [0.3, 0.4) is 0 Å². The van der Waals surface area contributed by atoms with Crippen LogP contribution in [0, 0.1) is 6.92 Å². The molecule has 0 atom stereocenters. The number of rotatable bonds is 6. The second-order valence-electron chi connectivity index (χ2n) is 6.94. The first kappa shape index (κ1) is 19.7. The van der Waals surface area contributed by atoms with Crippen LogP contribution >= 0.6 is 11.6 Å². The molecular weight excluding hydrogens is 366 g/mol. The summed E-state index contributed by atoms with van der Waals surface area (Å²) in [4.78, 5) is 28.7. The molecule has 2 heterocycles. The molecule has 2 aromatic rings. The molecular formula is C20H26ClN3O3. The Bertz CT molecular complexity index is 825. The number of furan rings is 1. The molecule has 0 bridgehead atoms. The predicted molar refractivity (Wildman–Crippen MR) is 106 cm³/mol. The van der Waals surface area contributed by atoms with Gasteiger partial charge in [-0.25, -0.2) is 0 Å². The number of nitrogens with one attached hydrogen (secondary N) is 1. The summed E-state index contributed by atoms with van der Waals surface area (Å²) in [6.07, 6.45) is 2.06. The molecule has 1 aliphatic heterocycles. The van der Waals surface area contributed by atoms with Gasteiger partial charge in [0.25, 0.3) is 5.91 Å². The summed E-state index contributed by atoms with van der Waals surface area (Å²) in [6.45, 7) is 7.58. The lowest BCUT2D eigenvalue weighted by molar-refractivity contribution is -0.122. The Morgan fingerprint density at radius 2 is 1.96 bits per heavy atom. The first-order valence-electron chi connectivity index (χ1n) is 9.47. The number of nitrogens with zero attached hydrogens (tertiary/aromatic N) is 2. The third kappa shape index (κ3) is 4.45. The lowest BCUT2D eigenvalue weighted by Gasteiger charge is -2.33. The van der Waals surface area contributed by atoms with E-state index in [-0.39, 0.29) is 11.8 Å². The van der Waals surface area contributed by atoms with E-state index >= 15 is 0 Å². The first-order chi connectivity index (χ1) is 13.0. The zero-order valence-electron chi connectivity index (χ0n) is 15.9. The Morgan fingerprint density at radius 1 is 1.22 bits per heavy atom. The Labute approximate surface area is 164 Å². The summed E-state index contributed by atoms with van der Waals surface area (Å²) in [7, 11) is 0. The van der Waals surface area contributed by atoms with E-state index in [4.69, 9.17) is 16.0 Å². The van der Waals surface area contributed by atoms with Gasteiger partial charge < -0.3 is 14.6 Å². The summed E-state index contributed by atoms with van der Waals surface area (Å²) in [5, 5.41) is 4.31. The van der Waals surface area contributed by atoms with Crippen molar-refractivity contribution >= 4 is 34.4 Å². The van der Waals surface area contributed by atoms with E-state index < -0.39 is 0 Å². The van der Waals surface area contributed by atoms with E-state index in [0.717, 1.165) is 30.3 Å². The molecule has 1 N–H and O–H groups in total. The zero-order chi connectivity index (χ0) is 19.4. The van der Waals surface area contributed by atoms with Gasteiger partial charge in [0.05, 0.1) is 11.6 Å². The standard InChI is InChI=1S/C20H26ClN3O3/c1-3-4-8-22-17(25)13-23-9-11-24(12-10-23)20(26)18-14(2)15-6-5-7-16(21)19(15)27-18/h5-7H,3-4,8-13H2,1-2H3,(H,22,25). The average Bonchev–Trinajstić information content (AvgIpc) is 3.00. The number of hydrogen-bond acceptors (Lipinski definition) is 4. The number of aryl methyl sites for hydroxylation is 1. The van der Waals surface area contributed by atoms with Crippen molar-refractivity contribution in [2.45, 2.75) is 26.7 Å². The molecule has 3 rings (SSSR count). The fraction of sp³-hybridized carbons (Fsp3) is 0.500. The third-order valence-corrected chi connectivity index (χ3v) is 5.29. The molecule has 0 unspecified atom stereocenters. The van der Waals surface area contributed by atoms with Gasteiger partial charge in [-0.3, -0.25) is 14.5 Å². The van der Waals surface area contributed by atoms with Crippen molar-refractivity contribution in [3.8, 4) is 0 Å². The van der Waals surface area contributed by atoms with Gasteiger partial charge in [0, 0.05) is 43.7 Å². The maximum atomic E-state index is 12.9. The molecule has 6 nitrogen and oxygen atoms in total. The highest BCUT2D eigenvalue weighted by Gasteiger charge is 2.27. The Kier molecular flexibility index (Phi) is 6.39. The van der Waals surface area contributed by atoms with Crippen LogP contribution in [0.1, 0.15) is 35.9 Å². The van der Waals surface area contributed by atoms with Crippen molar-refractivity contribution in [1.82, 2.24) is 15.1 Å². The first-order valence-corrected chi connectivity index (χ1v) is 9.85. The molecule has 0 saturated carbocycles. The van der Waals surface area contributed by atoms with Crippen molar-refractivity contribution in [2.24, 2.45) is 0 Å². The molecule has 1 fully saturated rings. The summed E-state index contributed by atoms with van der Waals surface area (Å²) in [6, 6.07) is 5.52. The molecule has 2 amide bonds. The molecule has 1 aliphatic rings. The van der Waals surface area contributed by atoms with Gasteiger partial charge in [0.15, 0.2) is 11.3 Å². The van der Waals surface area contributed by atoms with Gasteiger partial charge >= 0.3 is 0 Å².